The molecule has 3 rings (SSSR count). The molecular formula is C20H24N4O2. The van der Waals surface area contributed by atoms with Gasteiger partial charge in [0.05, 0.1) is 11.3 Å². The van der Waals surface area contributed by atoms with E-state index in [0.29, 0.717) is 24.5 Å². The minimum Gasteiger partial charge on any atom is -0.486 e. The second-order valence-electron chi connectivity index (χ2n) is 6.10. The molecule has 0 atom stereocenters. The molecule has 0 radical (unpaired) electrons. The summed E-state index contributed by atoms with van der Waals surface area (Å²) in [6.07, 6.45) is 3.97. The van der Waals surface area contributed by atoms with Crippen LogP contribution in [0, 0.1) is 6.92 Å². The molecule has 0 aliphatic heterocycles. The molecule has 2 heterocycles. The fourth-order valence-electron chi connectivity index (χ4n) is 2.69. The van der Waals surface area contributed by atoms with Gasteiger partial charge in [-0.1, -0.05) is 25.1 Å². The van der Waals surface area contributed by atoms with Crippen molar-refractivity contribution >= 4 is 11.6 Å². The van der Waals surface area contributed by atoms with Crippen LogP contribution >= 0.6 is 0 Å². The van der Waals surface area contributed by atoms with Crippen LogP contribution in [0.3, 0.4) is 0 Å². The number of ether oxygens (including phenoxy) is 1. The van der Waals surface area contributed by atoms with Crippen molar-refractivity contribution < 1.29 is 9.53 Å². The summed E-state index contributed by atoms with van der Waals surface area (Å²) >= 11 is 0. The number of carbonyl (C=O) groups is 1. The number of para-hydroxylation sites is 1. The van der Waals surface area contributed by atoms with Crippen molar-refractivity contribution in [1.29, 1.82) is 0 Å². The van der Waals surface area contributed by atoms with E-state index in [-0.39, 0.29) is 5.91 Å². The summed E-state index contributed by atoms with van der Waals surface area (Å²) in [5.41, 5.74) is 3.40. The Kier molecular flexibility index (Phi) is 5.86. The molecule has 1 aromatic carbocycles. The van der Waals surface area contributed by atoms with Crippen LogP contribution in [0.1, 0.15) is 28.5 Å². The molecule has 6 nitrogen and oxygen atoms in total. The molecule has 0 saturated carbocycles. The van der Waals surface area contributed by atoms with Crippen LogP contribution in [-0.4, -0.2) is 34.9 Å². The quantitative estimate of drug-likeness (QED) is 0.612. The Morgan fingerprint density at radius 1 is 1.15 bits per heavy atom. The molecule has 0 bridgehead atoms. The van der Waals surface area contributed by atoms with E-state index < -0.39 is 0 Å². The monoisotopic (exact) mass is 352 g/mol. The minimum absolute atomic E-state index is 0.135. The molecule has 26 heavy (non-hydrogen) atoms. The van der Waals surface area contributed by atoms with E-state index >= 15 is 0 Å². The molecule has 2 aromatic heterocycles. The Hall–Kier alpha value is -2.86. The maximum atomic E-state index is 12.4. The Morgan fingerprint density at radius 2 is 2.00 bits per heavy atom. The van der Waals surface area contributed by atoms with Gasteiger partial charge in [0.25, 0.3) is 5.91 Å². The number of carbonyl (C=O) groups excluding carboxylic acids is 1. The SMILES string of the molecule is CCNCCNC(=O)c1ccccc1OCc1cn2cc(C)ccc2n1. The summed E-state index contributed by atoms with van der Waals surface area (Å²) in [5.74, 6) is 0.422. The zero-order valence-corrected chi connectivity index (χ0v) is 15.2. The Balaban J connectivity index is 1.66. The van der Waals surface area contributed by atoms with Crippen LogP contribution in [0.2, 0.25) is 0 Å². The second-order valence-corrected chi connectivity index (χ2v) is 6.10. The van der Waals surface area contributed by atoms with Gasteiger partial charge in [0, 0.05) is 25.5 Å². The fraction of sp³-hybridized carbons (Fsp3) is 0.300. The highest BCUT2D eigenvalue weighted by Gasteiger charge is 2.12. The lowest BCUT2D eigenvalue weighted by Gasteiger charge is -2.11. The topological polar surface area (TPSA) is 67.7 Å². The Labute approximate surface area is 153 Å². The smallest absolute Gasteiger partial charge is 0.255 e. The maximum Gasteiger partial charge on any atom is 0.255 e. The molecule has 0 saturated heterocycles. The van der Waals surface area contributed by atoms with Crippen molar-refractivity contribution in [3.63, 3.8) is 0 Å². The Bertz CT molecular complexity index is 888. The standard InChI is InChI=1S/C20H24N4O2/c1-3-21-10-11-22-20(25)17-6-4-5-7-18(17)26-14-16-13-24-12-15(2)8-9-19(24)23-16/h4-9,12-13,21H,3,10-11,14H2,1-2H3,(H,22,25). The second kappa shape index (κ2) is 8.49. The highest BCUT2D eigenvalue weighted by atomic mass is 16.5. The zero-order valence-electron chi connectivity index (χ0n) is 15.2. The summed E-state index contributed by atoms with van der Waals surface area (Å²) < 4.78 is 7.86. The van der Waals surface area contributed by atoms with E-state index in [2.05, 4.69) is 15.6 Å². The van der Waals surface area contributed by atoms with Crippen LogP contribution < -0.4 is 15.4 Å². The summed E-state index contributed by atoms with van der Waals surface area (Å²) in [7, 11) is 0. The van der Waals surface area contributed by atoms with E-state index in [9.17, 15) is 4.79 Å². The van der Waals surface area contributed by atoms with Crippen LogP contribution in [0.5, 0.6) is 5.75 Å². The third kappa shape index (κ3) is 4.40. The lowest BCUT2D eigenvalue weighted by atomic mass is 10.2. The number of benzene rings is 1. The summed E-state index contributed by atoms with van der Waals surface area (Å²) in [6.45, 7) is 6.58. The number of aryl methyl sites for hydroxylation is 1. The van der Waals surface area contributed by atoms with Gasteiger partial charge in [-0.3, -0.25) is 4.79 Å². The summed E-state index contributed by atoms with van der Waals surface area (Å²) in [5, 5.41) is 6.08. The van der Waals surface area contributed by atoms with Crippen molar-refractivity contribution in [2.45, 2.75) is 20.5 Å². The van der Waals surface area contributed by atoms with Gasteiger partial charge >= 0.3 is 0 Å². The van der Waals surface area contributed by atoms with Gasteiger partial charge in [-0.15, -0.1) is 0 Å². The number of nitrogens with one attached hydrogen (secondary N) is 2. The molecule has 0 aliphatic carbocycles. The van der Waals surface area contributed by atoms with Crippen LogP contribution in [0.4, 0.5) is 0 Å². The first-order chi connectivity index (χ1) is 12.7. The molecule has 2 N–H and O–H groups in total. The molecule has 0 aliphatic rings. The number of aromatic nitrogens is 2. The summed E-state index contributed by atoms with van der Waals surface area (Å²) in [6, 6.07) is 11.3. The number of hydrogen-bond donors (Lipinski definition) is 2. The van der Waals surface area contributed by atoms with E-state index in [1.165, 1.54) is 5.56 Å². The number of imidazole rings is 1. The average Bonchev–Trinajstić information content (AvgIpc) is 3.05. The molecular weight excluding hydrogens is 328 g/mol. The van der Waals surface area contributed by atoms with Gasteiger partial charge in [-0.05, 0) is 37.2 Å². The number of likely N-dealkylation sites (N-methyl/N-ethyl adjacent to an activating group) is 1. The highest BCUT2D eigenvalue weighted by Crippen LogP contribution is 2.19. The van der Waals surface area contributed by atoms with Crippen LogP contribution in [-0.2, 0) is 6.61 Å². The van der Waals surface area contributed by atoms with E-state index in [4.69, 9.17) is 4.74 Å². The number of pyridine rings is 1. The minimum atomic E-state index is -0.135. The number of hydrogen-bond acceptors (Lipinski definition) is 4. The normalized spacial score (nSPS) is 10.8. The first kappa shape index (κ1) is 17.9. The van der Waals surface area contributed by atoms with Crippen molar-refractivity contribution in [3.05, 3.63) is 65.6 Å². The van der Waals surface area contributed by atoms with Crippen molar-refractivity contribution in [1.82, 2.24) is 20.0 Å². The predicted octanol–water partition coefficient (Wildman–Crippen LogP) is 2.56. The highest BCUT2D eigenvalue weighted by molar-refractivity contribution is 5.96. The molecule has 0 fully saturated rings. The van der Waals surface area contributed by atoms with Gasteiger partial charge in [0.2, 0.25) is 0 Å². The number of amides is 1. The third-order valence-electron chi connectivity index (χ3n) is 3.99. The molecule has 0 unspecified atom stereocenters. The molecule has 1 amide bonds. The molecule has 6 heteroatoms. The predicted molar refractivity (Wildman–Crippen MR) is 102 cm³/mol. The van der Waals surface area contributed by atoms with Crippen LogP contribution in [0.25, 0.3) is 5.65 Å². The third-order valence-corrected chi connectivity index (χ3v) is 3.99. The van der Waals surface area contributed by atoms with Gasteiger partial charge in [0.15, 0.2) is 0 Å². The maximum absolute atomic E-state index is 12.4. The average molecular weight is 352 g/mol. The largest absolute Gasteiger partial charge is 0.486 e. The number of fused-ring (bicyclic) bond motifs is 1. The van der Waals surface area contributed by atoms with E-state index in [1.807, 2.05) is 54.9 Å². The van der Waals surface area contributed by atoms with Crippen molar-refractivity contribution in [3.8, 4) is 5.75 Å². The zero-order chi connectivity index (χ0) is 18.4. The van der Waals surface area contributed by atoms with Gasteiger partial charge in [0.1, 0.15) is 18.0 Å². The fourth-order valence-corrected chi connectivity index (χ4v) is 2.69. The first-order valence-corrected chi connectivity index (χ1v) is 8.82. The van der Waals surface area contributed by atoms with E-state index in [0.717, 1.165) is 24.4 Å². The number of nitrogens with zero attached hydrogens (tertiary/aromatic N) is 2. The molecule has 3 aromatic rings. The first-order valence-electron chi connectivity index (χ1n) is 8.82. The number of rotatable bonds is 8. The van der Waals surface area contributed by atoms with Gasteiger partial charge < -0.3 is 19.8 Å². The molecule has 0 spiro atoms. The summed E-state index contributed by atoms with van der Waals surface area (Å²) in [4.78, 5) is 16.9. The van der Waals surface area contributed by atoms with Crippen molar-refractivity contribution in [2.75, 3.05) is 19.6 Å². The molecule has 136 valence electrons. The van der Waals surface area contributed by atoms with Gasteiger partial charge in [-0.25, -0.2) is 4.98 Å². The van der Waals surface area contributed by atoms with E-state index in [1.54, 1.807) is 12.1 Å². The lowest BCUT2D eigenvalue weighted by molar-refractivity contribution is 0.0949. The Morgan fingerprint density at radius 3 is 2.85 bits per heavy atom. The lowest BCUT2D eigenvalue weighted by Crippen LogP contribution is -2.31. The van der Waals surface area contributed by atoms with Gasteiger partial charge in [-0.2, -0.15) is 0 Å². The van der Waals surface area contributed by atoms with Crippen molar-refractivity contribution in [2.24, 2.45) is 0 Å². The van der Waals surface area contributed by atoms with Crippen LogP contribution in [0.15, 0.2) is 48.8 Å².